The molecule has 6 heteroatoms. The first-order chi connectivity index (χ1) is 10.3. The Morgan fingerprint density at radius 1 is 1.22 bits per heavy atom. The SMILES string of the molecule is C=C(B1OC(C)(C)C(C)(C)O1)[C@@H]1CCN(C(=O)OC(C)(C)C)C1. The minimum absolute atomic E-state index is 0.178. The summed E-state index contributed by atoms with van der Waals surface area (Å²) in [5.74, 6) is 0.178. The molecule has 2 fully saturated rings. The summed E-state index contributed by atoms with van der Waals surface area (Å²) in [5.41, 5.74) is -0.304. The van der Waals surface area contributed by atoms with Gasteiger partial charge in [-0.15, -0.1) is 6.58 Å². The second kappa shape index (κ2) is 5.81. The summed E-state index contributed by atoms with van der Waals surface area (Å²) in [7, 11) is -0.413. The van der Waals surface area contributed by atoms with Gasteiger partial charge in [-0.3, -0.25) is 0 Å². The van der Waals surface area contributed by atoms with Crippen LogP contribution in [0.2, 0.25) is 0 Å². The number of hydrogen-bond donors (Lipinski definition) is 0. The lowest BCUT2D eigenvalue weighted by Crippen LogP contribution is -2.41. The zero-order valence-corrected chi connectivity index (χ0v) is 15.6. The van der Waals surface area contributed by atoms with Crippen LogP contribution in [0.1, 0.15) is 54.9 Å². The van der Waals surface area contributed by atoms with E-state index in [9.17, 15) is 4.79 Å². The molecule has 2 aliphatic heterocycles. The maximum atomic E-state index is 12.2. The van der Waals surface area contributed by atoms with Gasteiger partial charge in [-0.1, -0.05) is 0 Å². The highest BCUT2D eigenvalue weighted by atomic mass is 16.7. The topological polar surface area (TPSA) is 48.0 Å². The summed E-state index contributed by atoms with van der Waals surface area (Å²) in [4.78, 5) is 13.9. The van der Waals surface area contributed by atoms with Crippen molar-refractivity contribution in [2.75, 3.05) is 13.1 Å². The molecular formula is C17H30BNO4. The number of amides is 1. The first kappa shape index (κ1) is 18.3. The van der Waals surface area contributed by atoms with Crippen molar-refractivity contribution in [3.8, 4) is 0 Å². The fourth-order valence-electron chi connectivity index (χ4n) is 2.74. The van der Waals surface area contributed by atoms with Crippen molar-refractivity contribution >= 4 is 13.2 Å². The Balaban J connectivity index is 1.95. The van der Waals surface area contributed by atoms with E-state index < -0.39 is 12.7 Å². The second-order valence-electron chi connectivity index (χ2n) is 8.58. The summed E-state index contributed by atoms with van der Waals surface area (Å²) < 4.78 is 17.6. The third kappa shape index (κ3) is 3.91. The Morgan fingerprint density at radius 3 is 2.22 bits per heavy atom. The van der Waals surface area contributed by atoms with Crippen molar-refractivity contribution in [3.05, 3.63) is 12.1 Å². The molecule has 0 radical (unpaired) electrons. The van der Waals surface area contributed by atoms with Gasteiger partial charge < -0.3 is 18.9 Å². The third-order valence-electron chi connectivity index (χ3n) is 4.92. The van der Waals surface area contributed by atoms with Gasteiger partial charge in [0.25, 0.3) is 0 Å². The van der Waals surface area contributed by atoms with Crippen molar-refractivity contribution in [2.45, 2.75) is 71.7 Å². The number of hydrogen-bond acceptors (Lipinski definition) is 4. The maximum Gasteiger partial charge on any atom is 0.490 e. The molecule has 0 bridgehead atoms. The highest BCUT2D eigenvalue weighted by Gasteiger charge is 2.53. The summed E-state index contributed by atoms with van der Waals surface area (Å²) in [6, 6.07) is 0. The first-order valence-corrected chi connectivity index (χ1v) is 8.35. The monoisotopic (exact) mass is 323 g/mol. The maximum absolute atomic E-state index is 12.2. The molecule has 1 atom stereocenters. The Kier molecular flexibility index (Phi) is 4.64. The Labute approximate surface area is 140 Å². The van der Waals surface area contributed by atoms with Gasteiger partial charge in [-0.05, 0) is 66.3 Å². The lowest BCUT2D eigenvalue weighted by atomic mass is 9.71. The highest BCUT2D eigenvalue weighted by Crippen LogP contribution is 2.40. The Hall–Kier alpha value is -1.01. The lowest BCUT2D eigenvalue weighted by Gasteiger charge is -2.32. The van der Waals surface area contributed by atoms with E-state index in [-0.39, 0.29) is 23.2 Å². The van der Waals surface area contributed by atoms with Crippen LogP contribution in [0.15, 0.2) is 12.1 Å². The molecular weight excluding hydrogens is 293 g/mol. The number of rotatable bonds is 2. The van der Waals surface area contributed by atoms with Gasteiger partial charge in [0.05, 0.1) is 11.2 Å². The van der Waals surface area contributed by atoms with E-state index in [0.29, 0.717) is 13.1 Å². The summed E-state index contributed by atoms with van der Waals surface area (Å²) in [6.45, 7) is 19.2. The average Bonchev–Trinajstić information content (AvgIpc) is 2.90. The van der Waals surface area contributed by atoms with Gasteiger partial charge in [0.15, 0.2) is 0 Å². The zero-order chi connectivity index (χ0) is 17.6. The van der Waals surface area contributed by atoms with Crippen LogP contribution < -0.4 is 0 Å². The zero-order valence-electron chi connectivity index (χ0n) is 15.6. The molecule has 2 heterocycles. The molecule has 23 heavy (non-hydrogen) atoms. The number of likely N-dealkylation sites (tertiary alicyclic amines) is 1. The molecule has 0 spiro atoms. The van der Waals surface area contributed by atoms with Gasteiger partial charge in [-0.25, -0.2) is 4.79 Å². The van der Waals surface area contributed by atoms with Gasteiger partial charge in [-0.2, -0.15) is 0 Å². The van der Waals surface area contributed by atoms with Crippen LogP contribution in [0.5, 0.6) is 0 Å². The van der Waals surface area contributed by atoms with Crippen LogP contribution in [-0.2, 0) is 14.0 Å². The van der Waals surface area contributed by atoms with Gasteiger partial charge in [0.1, 0.15) is 5.60 Å². The van der Waals surface area contributed by atoms with Crippen LogP contribution in [0.4, 0.5) is 4.79 Å². The van der Waals surface area contributed by atoms with Crippen molar-refractivity contribution in [1.82, 2.24) is 4.90 Å². The van der Waals surface area contributed by atoms with E-state index in [1.807, 2.05) is 48.5 Å². The highest BCUT2D eigenvalue weighted by molar-refractivity contribution is 6.54. The van der Waals surface area contributed by atoms with Crippen molar-refractivity contribution in [2.24, 2.45) is 5.92 Å². The van der Waals surface area contributed by atoms with Gasteiger partial charge in [0.2, 0.25) is 0 Å². The van der Waals surface area contributed by atoms with E-state index in [1.165, 1.54) is 0 Å². The van der Waals surface area contributed by atoms with E-state index in [4.69, 9.17) is 14.0 Å². The molecule has 130 valence electrons. The number of ether oxygens (including phenoxy) is 1. The van der Waals surface area contributed by atoms with Crippen LogP contribution in [0, 0.1) is 5.92 Å². The number of nitrogens with zero attached hydrogens (tertiary/aromatic N) is 1. The number of carbonyl (C=O) groups is 1. The molecule has 0 aromatic rings. The molecule has 0 saturated carbocycles. The molecule has 0 unspecified atom stereocenters. The van der Waals surface area contributed by atoms with Crippen molar-refractivity contribution in [3.63, 3.8) is 0 Å². The molecule has 2 aliphatic rings. The summed E-state index contributed by atoms with van der Waals surface area (Å²) >= 11 is 0. The predicted molar refractivity (Wildman–Crippen MR) is 91.1 cm³/mol. The largest absolute Gasteiger partial charge is 0.490 e. The minimum Gasteiger partial charge on any atom is -0.444 e. The number of carbonyl (C=O) groups excluding carboxylic acids is 1. The molecule has 1 amide bonds. The normalized spacial score (nSPS) is 26.5. The smallest absolute Gasteiger partial charge is 0.444 e. The molecule has 0 aliphatic carbocycles. The van der Waals surface area contributed by atoms with Crippen LogP contribution in [0.3, 0.4) is 0 Å². The minimum atomic E-state index is -0.474. The Morgan fingerprint density at radius 2 is 1.74 bits per heavy atom. The first-order valence-electron chi connectivity index (χ1n) is 8.35. The summed E-state index contributed by atoms with van der Waals surface area (Å²) in [5, 5.41) is 0. The van der Waals surface area contributed by atoms with Crippen LogP contribution in [-0.4, -0.2) is 48.0 Å². The van der Waals surface area contributed by atoms with Crippen molar-refractivity contribution in [1.29, 1.82) is 0 Å². The fourth-order valence-corrected chi connectivity index (χ4v) is 2.74. The third-order valence-corrected chi connectivity index (χ3v) is 4.92. The molecule has 0 N–H and O–H groups in total. The van der Waals surface area contributed by atoms with Gasteiger partial charge in [0, 0.05) is 13.1 Å². The van der Waals surface area contributed by atoms with Gasteiger partial charge >= 0.3 is 13.2 Å². The van der Waals surface area contributed by atoms with E-state index in [1.54, 1.807) is 4.90 Å². The molecule has 2 saturated heterocycles. The quantitative estimate of drug-likeness (QED) is 0.731. The Bertz CT molecular complexity index is 479. The molecule has 0 aromatic heterocycles. The lowest BCUT2D eigenvalue weighted by molar-refractivity contribution is 0.00578. The standard InChI is InChI=1S/C17H30BNO4/c1-12(18-22-16(5,6)17(7,8)23-18)13-9-10-19(11-13)14(20)21-15(2,3)4/h13H,1,9-11H2,2-8H3/t13-/m1/s1. The summed E-state index contributed by atoms with van der Waals surface area (Å²) in [6.07, 6.45) is 0.601. The van der Waals surface area contributed by atoms with E-state index in [2.05, 4.69) is 6.58 Å². The molecule has 5 nitrogen and oxygen atoms in total. The fraction of sp³-hybridized carbons (Fsp3) is 0.824. The molecule has 2 rings (SSSR count). The van der Waals surface area contributed by atoms with Crippen molar-refractivity contribution < 1.29 is 18.8 Å². The van der Waals surface area contributed by atoms with E-state index >= 15 is 0 Å². The van der Waals surface area contributed by atoms with E-state index in [0.717, 1.165) is 11.9 Å². The predicted octanol–water partition coefficient (Wildman–Crippen LogP) is 3.43. The van der Waals surface area contributed by atoms with Crippen LogP contribution in [0.25, 0.3) is 0 Å². The molecule has 0 aromatic carbocycles. The van der Waals surface area contributed by atoms with Crippen LogP contribution >= 0.6 is 0 Å². The second-order valence-corrected chi connectivity index (χ2v) is 8.58. The average molecular weight is 323 g/mol.